The highest BCUT2D eigenvalue weighted by atomic mass is 16.5. The summed E-state index contributed by atoms with van der Waals surface area (Å²) >= 11 is 0. The van der Waals surface area contributed by atoms with E-state index in [2.05, 4.69) is 28.7 Å². The molecule has 0 amide bonds. The zero-order valence-corrected chi connectivity index (χ0v) is 10.2. The molecule has 0 aliphatic heterocycles. The van der Waals surface area contributed by atoms with E-state index < -0.39 is 0 Å². The fourth-order valence-corrected chi connectivity index (χ4v) is 1.54. The number of carbonyl (C=O) groups excluding carboxylic acids is 1. The van der Waals surface area contributed by atoms with Gasteiger partial charge in [0.1, 0.15) is 0 Å². The first-order valence-corrected chi connectivity index (χ1v) is 5.43. The van der Waals surface area contributed by atoms with Crippen molar-refractivity contribution in [2.45, 2.75) is 19.9 Å². The average molecular weight is 221 g/mol. The van der Waals surface area contributed by atoms with E-state index in [0.29, 0.717) is 6.42 Å². The van der Waals surface area contributed by atoms with Crippen molar-refractivity contribution < 1.29 is 9.53 Å². The van der Waals surface area contributed by atoms with Crippen molar-refractivity contribution >= 4 is 5.97 Å². The van der Waals surface area contributed by atoms with Gasteiger partial charge in [-0.15, -0.1) is 0 Å². The molecule has 0 saturated carbocycles. The third kappa shape index (κ3) is 4.03. The molecule has 0 aliphatic rings. The summed E-state index contributed by atoms with van der Waals surface area (Å²) in [6, 6.07) is 8.29. The number of ether oxygens (including phenoxy) is 1. The van der Waals surface area contributed by atoms with Gasteiger partial charge >= 0.3 is 5.97 Å². The highest BCUT2D eigenvalue weighted by Gasteiger charge is 2.05. The lowest BCUT2D eigenvalue weighted by Crippen LogP contribution is -2.22. The molecule has 0 aliphatic carbocycles. The topological polar surface area (TPSA) is 29.5 Å². The molecule has 16 heavy (non-hydrogen) atoms. The van der Waals surface area contributed by atoms with Gasteiger partial charge in [-0.25, -0.2) is 0 Å². The van der Waals surface area contributed by atoms with Crippen molar-refractivity contribution in [2.24, 2.45) is 0 Å². The Kier molecular flexibility index (Phi) is 4.99. The van der Waals surface area contributed by atoms with Gasteiger partial charge in [0.2, 0.25) is 0 Å². The van der Waals surface area contributed by atoms with Crippen LogP contribution in [0.1, 0.15) is 17.5 Å². The van der Waals surface area contributed by atoms with E-state index in [4.69, 9.17) is 0 Å². The van der Waals surface area contributed by atoms with E-state index in [1.165, 1.54) is 18.2 Å². The van der Waals surface area contributed by atoms with Crippen LogP contribution in [-0.4, -0.2) is 31.6 Å². The van der Waals surface area contributed by atoms with Crippen LogP contribution in [0.15, 0.2) is 24.3 Å². The van der Waals surface area contributed by atoms with Crippen LogP contribution in [0.4, 0.5) is 0 Å². The van der Waals surface area contributed by atoms with Crippen LogP contribution < -0.4 is 0 Å². The van der Waals surface area contributed by atoms with Crippen LogP contribution in [0.5, 0.6) is 0 Å². The van der Waals surface area contributed by atoms with E-state index in [1.807, 2.05) is 19.2 Å². The Labute approximate surface area is 97.0 Å². The van der Waals surface area contributed by atoms with Gasteiger partial charge in [0.25, 0.3) is 0 Å². The van der Waals surface area contributed by atoms with Crippen molar-refractivity contribution in [3.8, 4) is 0 Å². The van der Waals surface area contributed by atoms with Gasteiger partial charge in [0.15, 0.2) is 0 Å². The Bertz CT molecular complexity index is 350. The maximum atomic E-state index is 11.0. The van der Waals surface area contributed by atoms with Gasteiger partial charge in [-0.3, -0.25) is 4.79 Å². The number of aryl methyl sites for hydroxylation is 1. The number of hydrogen-bond donors (Lipinski definition) is 0. The molecule has 0 fully saturated rings. The van der Waals surface area contributed by atoms with Gasteiger partial charge in [-0.05, 0) is 25.1 Å². The van der Waals surface area contributed by atoms with Crippen LogP contribution >= 0.6 is 0 Å². The van der Waals surface area contributed by atoms with E-state index >= 15 is 0 Å². The summed E-state index contributed by atoms with van der Waals surface area (Å²) < 4.78 is 4.61. The first kappa shape index (κ1) is 12.7. The first-order chi connectivity index (χ1) is 7.63. The van der Waals surface area contributed by atoms with Gasteiger partial charge in [-0.1, -0.05) is 24.3 Å². The van der Waals surface area contributed by atoms with Crippen molar-refractivity contribution in [1.29, 1.82) is 0 Å². The molecular weight excluding hydrogens is 202 g/mol. The highest BCUT2D eigenvalue weighted by Crippen LogP contribution is 2.09. The second-order valence-corrected chi connectivity index (χ2v) is 3.99. The summed E-state index contributed by atoms with van der Waals surface area (Å²) in [7, 11) is 3.43. The second-order valence-electron chi connectivity index (χ2n) is 3.99. The molecule has 3 heteroatoms. The molecule has 0 heterocycles. The lowest BCUT2D eigenvalue weighted by molar-refractivity contribution is -0.140. The van der Waals surface area contributed by atoms with Crippen LogP contribution in [0.25, 0.3) is 0 Å². The van der Waals surface area contributed by atoms with Gasteiger partial charge in [0, 0.05) is 13.1 Å². The fraction of sp³-hybridized carbons (Fsp3) is 0.462. The molecule has 0 radical (unpaired) electrons. The van der Waals surface area contributed by atoms with Crippen LogP contribution in [0, 0.1) is 6.92 Å². The van der Waals surface area contributed by atoms with Crippen LogP contribution in [0.3, 0.4) is 0 Å². The van der Waals surface area contributed by atoms with Gasteiger partial charge in [0.05, 0.1) is 13.5 Å². The third-order valence-electron chi connectivity index (χ3n) is 2.63. The van der Waals surface area contributed by atoms with Crippen LogP contribution in [0.2, 0.25) is 0 Å². The molecule has 1 rings (SSSR count). The highest BCUT2D eigenvalue weighted by molar-refractivity contribution is 5.69. The standard InChI is InChI=1S/C13H19NO2/c1-11-6-4-5-7-12(11)10-14(2)9-8-13(15)16-3/h4-7H,8-10H2,1-3H3. The zero-order chi connectivity index (χ0) is 12.0. The molecule has 0 unspecified atom stereocenters. The lowest BCUT2D eigenvalue weighted by Gasteiger charge is -2.17. The normalized spacial score (nSPS) is 10.5. The summed E-state index contributed by atoms with van der Waals surface area (Å²) in [4.78, 5) is 13.1. The van der Waals surface area contributed by atoms with Crippen molar-refractivity contribution in [3.63, 3.8) is 0 Å². The van der Waals surface area contributed by atoms with Crippen molar-refractivity contribution in [3.05, 3.63) is 35.4 Å². The SMILES string of the molecule is COC(=O)CCN(C)Cc1ccccc1C. The number of nitrogens with zero attached hydrogens (tertiary/aromatic N) is 1. The number of methoxy groups -OCH3 is 1. The molecule has 1 aromatic carbocycles. The Morgan fingerprint density at radius 1 is 1.38 bits per heavy atom. The molecular formula is C13H19NO2. The third-order valence-corrected chi connectivity index (χ3v) is 2.63. The molecule has 0 atom stereocenters. The number of benzene rings is 1. The minimum absolute atomic E-state index is 0.156. The van der Waals surface area contributed by atoms with Crippen molar-refractivity contribution in [1.82, 2.24) is 4.90 Å². The Morgan fingerprint density at radius 2 is 2.06 bits per heavy atom. The Morgan fingerprint density at radius 3 is 2.69 bits per heavy atom. The summed E-state index contributed by atoms with van der Waals surface area (Å²) in [6.45, 7) is 3.69. The second kappa shape index (κ2) is 6.28. The largest absolute Gasteiger partial charge is 0.469 e. The lowest BCUT2D eigenvalue weighted by atomic mass is 10.1. The molecule has 0 saturated heterocycles. The predicted molar refractivity (Wildman–Crippen MR) is 64.1 cm³/mol. The van der Waals surface area contributed by atoms with Crippen LogP contribution in [-0.2, 0) is 16.1 Å². The quantitative estimate of drug-likeness (QED) is 0.712. The van der Waals surface area contributed by atoms with Gasteiger partial charge < -0.3 is 9.64 Å². The molecule has 3 nitrogen and oxygen atoms in total. The smallest absolute Gasteiger partial charge is 0.306 e. The minimum Gasteiger partial charge on any atom is -0.469 e. The number of esters is 1. The summed E-state index contributed by atoms with van der Waals surface area (Å²) in [6.07, 6.45) is 0.443. The predicted octanol–water partition coefficient (Wildman–Crippen LogP) is 1.99. The van der Waals surface area contributed by atoms with Gasteiger partial charge in [-0.2, -0.15) is 0 Å². The zero-order valence-electron chi connectivity index (χ0n) is 10.2. The van der Waals surface area contributed by atoms with Crippen molar-refractivity contribution in [2.75, 3.05) is 20.7 Å². The van der Waals surface area contributed by atoms with E-state index in [1.54, 1.807) is 0 Å². The number of rotatable bonds is 5. The number of carbonyl (C=O) groups is 1. The molecule has 0 N–H and O–H groups in total. The fourth-order valence-electron chi connectivity index (χ4n) is 1.54. The Hall–Kier alpha value is -1.35. The van der Waals surface area contributed by atoms with E-state index in [0.717, 1.165) is 13.1 Å². The first-order valence-electron chi connectivity index (χ1n) is 5.43. The summed E-state index contributed by atoms with van der Waals surface area (Å²) in [5.41, 5.74) is 2.59. The molecule has 1 aromatic rings. The molecule has 88 valence electrons. The molecule has 0 bridgehead atoms. The molecule has 0 spiro atoms. The maximum absolute atomic E-state index is 11.0. The van der Waals surface area contributed by atoms with E-state index in [9.17, 15) is 4.79 Å². The summed E-state index contributed by atoms with van der Waals surface area (Å²) in [5.74, 6) is -0.156. The summed E-state index contributed by atoms with van der Waals surface area (Å²) in [5, 5.41) is 0. The van der Waals surface area contributed by atoms with E-state index in [-0.39, 0.29) is 5.97 Å². The molecule has 0 aromatic heterocycles. The maximum Gasteiger partial charge on any atom is 0.306 e. The average Bonchev–Trinajstić information content (AvgIpc) is 2.29. The number of hydrogen-bond acceptors (Lipinski definition) is 3. The Balaban J connectivity index is 2.43. The monoisotopic (exact) mass is 221 g/mol. The minimum atomic E-state index is -0.156.